The lowest BCUT2D eigenvalue weighted by molar-refractivity contribution is -0.270. The number of likely N-dealkylation sites (tertiary alicyclic amines) is 1. The van der Waals surface area contributed by atoms with Crippen LogP contribution in [0.15, 0.2) is 30.5 Å². The van der Waals surface area contributed by atoms with Crippen molar-refractivity contribution in [2.24, 2.45) is 33.8 Å². The second kappa shape index (κ2) is 7.76. The van der Waals surface area contributed by atoms with Gasteiger partial charge in [0.2, 0.25) is 11.8 Å². The average Bonchev–Trinajstić information content (AvgIpc) is 3.45. The number of amides is 2. The minimum Gasteiger partial charge on any atom is -0.361 e. The zero-order valence-corrected chi connectivity index (χ0v) is 22.0. The first-order valence-electron chi connectivity index (χ1n) is 13.4. The number of para-hydroxylation sites is 1. The molecule has 2 aromatic rings. The van der Waals surface area contributed by atoms with Crippen LogP contribution in [0.25, 0.3) is 10.9 Å². The Morgan fingerprint density at radius 2 is 1.95 bits per heavy atom. The largest absolute Gasteiger partial charge is 0.361 e. The Morgan fingerprint density at radius 3 is 2.62 bits per heavy atom. The van der Waals surface area contributed by atoms with Crippen molar-refractivity contribution in [1.29, 1.82) is 0 Å². The van der Waals surface area contributed by atoms with Crippen molar-refractivity contribution >= 4 is 34.3 Å². The molecule has 6 rings (SSSR count). The van der Waals surface area contributed by atoms with Gasteiger partial charge in [-0.1, -0.05) is 39.0 Å². The highest BCUT2D eigenvalue weighted by atomic mass is 16.2. The Bertz CT molecular complexity index is 1350. The van der Waals surface area contributed by atoms with E-state index in [1.807, 2.05) is 37.4 Å². The number of nitrogens with zero attached hydrogens (tertiary/aromatic N) is 1. The molecule has 37 heavy (non-hydrogen) atoms. The predicted octanol–water partition coefficient (Wildman–Crippen LogP) is 2.35. The number of hydrogen-bond acceptors (Lipinski definition) is 5. The van der Waals surface area contributed by atoms with Crippen LogP contribution in [0.4, 0.5) is 0 Å². The van der Waals surface area contributed by atoms with Crippen LogP contribution in [0.1, 0.15) is 52.5 Å². The highest BCUT2D eigenvalue weighted by molar-refractivity contribution is 6.09. The molecule has 8 atom stereocenters. The molecule has 4 aliphatic rings. The zero-order chi connectivity index (χ0) is 26.5. The number of hydrogen-bond donors (Lipinski definition) is 3. The third kappa shape index (κ3) is 3.05. The number of Topliss-reactive ketones (excluding diaryl/α,β-unsaturated/α-hetero) is 2. The summed E-state index contributed by atoms with van der Waals surface area (Å²) in [5, 5.41) is 3.91. The Kier molecular flexibility index (Phi) is 5.10. The molecule has 196 valence electrons. The fourth-order valence-electron chi connectivity index (χ4n) is 8.63. The summed E-state index contributed by atoms with van der Waals surface area (Å²) in [6.07, 6.45) is 4.22. The molecular weight excluding hydrogens is 468 g/mol. The van der Waals surface area contributed by atoms with Crippen LogP contribution in [0.3, 0.4) is 0 Å². The van der Waals surface area contributed by atoms with Crippen molar-refractivity contribution in [3.8, 4) is 0 Å². The van der Waals surface area contributed by atoms with Crippen molar-refractivity contribution in [3.05, 3.63) is 36.0 Å². The molecule has 5 unspecified atom stereocenters. The van der Waals surface area contributed by atoms with E-state index in [0.717, 1.165) is 29.3 Å². The Labute approximate surface area is 216 Å². The topological polar surface area (TPSA) is 125 Å². The molecule has 1 saturated heterocycles. The standard InChI is InChI=1S/C29H36N4O4/c1-15(34)21(9-16-12-31-20-8-6-5-7-18(16)20)32-25(36)22-10-17(30)13-33(22)26(37)23-19-11-27(2)14-28(3,24(23)35)29(19,27)4/h5-8,12,17,19,21-23,31H,9-11,13-14,30H2,1-4H3,(H,32,36)/t17-,19?,21+,22-,23?,27?,28?,29?/m1/s1. The number of rotatable bonds is 6. The second-order valence-electron chi connectivity index (χ2n) is 12.7. The lowest BCUT2D eigenvalue weighted by Crippen LogP contribution is -2.70. The number of fused-ring (bicyclic) bond motifs is 1. The van der Waals surface area contributed by atoms with E-state index in [9.17, 15) is 19.2 Å². The van der Waals surface area contributed by atoms with Gasteiger partial charge in [-0.15, -0.1) is 0 Å². The molecular formula is C29H36N4O4. The molecule has 8 nitrogen and oxygen atoms in total. The van der Waals surface area contributed by atoms with E-state index in [-0.39, 0.29) is 52.7 Å². The molecule has 2 heterocycles. The van der Waals surface area contributed by atoms with Crippen LogP contribution in [-0.4, -0.2) is 57.9 Å². The Balaban J connectivity index is 1.21. The fourth-order valence-corrected chi connectivity index (χ4v) is 8.63. The lowest BCUT2D eigenvalue weighted by Gasteiger charge is -2.74. The third-order valence-corrected chi connectivity index (χ3v) is 10.9. The minimum atomic E-state index is -0.787. The van der Waals surface area contributed by atoms with Gasteiger partial charge in [-0.2, -0.15) is 0 Å². The van der Waals surface area contributed by atoms with Gasteiger partial charge >= 0.3 is 0 Å². The average molecular weight is 505 g/mol. The molecule has 3 saturated carbocycles. The van der Waals surface area contributed by atoms with Crippen LogP contribution in [0.2, 0.25) is 0 Å². The van der Waals surface area contributed by atoms with E-state index in [1.54, 1.807) is 0 Å². The van der Waals surface area contributed by atoms with Gasteiger partial charge in [0, 0.05) is 41.5 Å². The number of nitrogens with two attached hydrogens (primary N) is 1. The van der Waals surface area contributed by atoms with Gasteiger partial charge in [0.25, 0.3) is 0 Å². The summed E-state index contributed by atoms with van der Waals surface area (Å²) in [5.74, 6) is -1.47. The van der Waals surface area contributed by atoms with E-state index in [1.165, 1.54) is 11.8 Å². The molecule has 0 radical (unpaired) electrons. The lowest BCUT2D eigenvalue weighted by atomic mass is 9.28. The number of ketones is 2. The van der Waals surface area contributed by atoms with E-state index >= 15 is 0 Å². The van der Waals surface area contributed by atoms with E-state index in [4.69, 9.17) is 5.73 Å². The SMILES string of the molecule is CC(=O)[C@H](Cc1c[nH]c2ccccc12)NC(=O)[C@H]1C[C@@H](N)CN1C(=O)C1C(=O)C2(C)CC3(C)CC1C32C. The smallest absolute Gasteiger partial charge is 0.243 e. The van der Waals surface area contributed by atoms with Crippen LogP contribution < -0.4 is 11.1 Å². The molecule has 0 bridgehead atoms. The highest BCUT2D eigenvalue weighted by Gasteiger charge is 2.85. The van der Waals surface area contributed by atoms with E-state index < -0.39 is 23.4 Å². The van der Waals surface area contributed by atoms with Crippen molar-refractivity contribution in [1.82, 2.24) is 15.2 Å². The summed E-state index contributed by atoms with van der Waals surface area (Å²) in [7, 11) is 0. The second-order valence-corrected chi connectivity index (χ2v) is 12.7. The van der Waals surface area contributed by atoms with E-state index in [2.05, 4.69) is 24.1 Å². The van der Waals surface area contributed by atoms with Crippen molar-refractivity contribution in [2.75, 3.05) is 6.54 Å². The maximum Gasteiger partial charge on any atom is 0.243 e. The van der Waals surface area contributed by atoms with Crippen LogP contribution in [0, 0.1) is 28.1 Å². The molecule has 1 aromatic heterocycles. The molecule has 1 aromatic carbocycles. The first-order valence-corrected chi connectivity index (χ1v) is 13.4. The van der Waals surface area contributed by atoms with Crippen molar-refractivity contribution < 1.29 is 19.2 Å². The van der Waals surface area contributed by atoms with Crippen LogP contribution >= 0.6 is 0 Å². The van der Waals surface area contributed by atoms with Gasteiger partial charge in [-0.05, 0) is 54.6 Å². The Morgan fingerprint density at radius 1 is 1.22 bits per heavy atom. The minimum absolute atomic E-state index is 0.0172. The van der Waals surface area contributed by atoms with E-state index in [0.29, 0.717) is 12.8 Å². The highest BCUT2D eigenvalue weighted by Crippen LogP contribution is 2.86. The third-order valence-electron chi connectivity index (χ3n) is 10.9. The first kappa shape index (κ1) is 24.3. The fraction of sp³-hybridized carbons (Fsp3) is 0.586. The summed E-state index contributed by atoms with van der Waals surface area (Å²) < 4.78 is 0. The van der Waals surface area contributed by atoms with Crippen molar-refractivity contribution in [3.63, 3.8) is 0 Å². The summed E-state index contributed by atoms with van der Waals surface area (Å²) in [6.45, 7) is 8.11. The molecule has 4 fully saturated rings. The zero-order valence-electron chi connectivity index (χ0n) is 22.0. The molecule has 3 aliphatic carbocycles. The number of aromatic nitrogens is 1. The van der Waals surface area contributed by atoms with Gasteiger partial charge in [-0.3, -0.25) is 19.2 Å². The van der Waals surface area contributed by atoms with Gasteiger partial charge in [-0.25, -0.2) is 0 Å². The number of H-pyrrole nitrogens is 1. The first-order chi connectivity index (χ1) is 17.4. The molecule has 4 N–H and O–H groups in total. The monoisotopic (exact) mass is 504 g/mol. The summed E-state index contributed by atoms with van der Waals surface area (Å²) in [5.41, 5.74) is 7.64. The molecule has 8 heteroatoms. The number of benzene rings is 1. The number of nitrogens with one attached hydrogen (secondary N) is 2. The number of carbonyl (C=O) groups excluding carboxylic acids is 4. The predicted molar refractivity (Wildman–Crippen MR) is 138 cm³/mol. The Hall–Kier alpha value is -3.00. The van der Waals surface area contributed by atoms with Gasteiger partial charge in [0.1, 0.15) is 12.0 Å². The van der Waals surface area contributed by atoms with Crippen LogP contribution in [0.5, 0.6) is 0 Å². The van der Waals surface area contributed by atoms with Gasteiger partial charge in [0.05, 0.1) is 6.04 Å². The normalized spacial score (nSPS) is 38.6. The maximum atomic E-state index is 13.9. The number of aromatic amines is 1. The number of carbonyl (C=O) groups is 4. The summed E-state index contributed by atoms with van der Waals surface area (Å²) >= 11 is 0. The quantitative estimate of drug-likeness (QED) is 0.521. The maximum absolute atomic E-state index is 13.9. The van der Waals surface area contributed by atoms with Crippen LogP contribution in [-0.2, 0) is 25.6 Å². The van der Waals surface area contributed by atoms with Gasteiger partial charge < -0.3 is 20.9 Å². The molecule has 0 spiro atoms. The molecule has 2 amide bonds. The van der Waals surface area contributed by atoms with Crippen molar-refractivity contribution in [2.45, 2.75) is 71.5 Å². The molecule has 1 aliphatic heterocycles. The summed E-state index contributed by atoms with van der Waals surface area (Å²) in [6, 6.07) is 5.95. The summed E-state index contributed by atoms with van der Waals surface area (Å²) in [4.78, 5) is 58.2. The van der Waals surface area contributed by atoms with Gasteiger partial charge in [0.15, 0.2) is 11.6 Å².